The minimum Gasteiger partial charge on any atom is -0.507 e. The molecule has 0 spiro atoms. The lowest BCUT2D eigenvalue weighted by Crippen LogP contribution is -2.10. The summed E-state index contributed by atoms with van der Waals surface area (Å²) < 4.78 is 0. The fraction of sp³-hybridized carbons (Fsp3) is 0.455. The largest absolute Gasteiger partial charge is 0.507 e. The topological polar surface area (TPSA) is 121 Å². The van der Waals surface area contributed by atoms with Crippen molar-refractivity contribution in [3.8, 4) is 5.75 Å². The van der Waals surface area contributed by atoms with Crippen LogP contribution in [0.4, 0.5) is 0 Å². The van der Waals surface area contributed by atoms with Crippen LogP contribution in [0.5, 0.6) is 5.75 Å². The number of phenols is 1. The van der Waals surface area contributed by atoms with Crippen LogP contribution in [0.25, 0.3) is 0 Å². The molecule has 6 nitrogen and oxygen atoms in total. The molecule has 0 heterocycles. The van der Waals surface area contributed by atoms with Gasteiger partial charge >= 0.3 is 0 Å². The van der Waals surface area contributed by atoms with E-state index in [0.29, 0.717) is 0 Å². The Balaban J connectivity index is 3.66. The molecule has 0 bridgehead atoms. The van der Waals surface area contributed by atoms with Crippen molar-refractivity contribution >= 4 is 0 Å². The van der Waals surface area contributed by atoms with Crippen molar-refractivity contribution in [1.82, 2.24) is 0 Å². The number of hydrogen-bond donors (Lipinski definition) is 6. The molecule has 1 rings (SSSR count). The maximum absolute atomic E-state index is 9.81. The third kappa shape index (κ3) is 2.26. The van der Waals surface area contributed by atoms with Gasteiger partial charge in [0, 0.05) is 11.1 Å². The van der Waals surface area contributed by atoms with Crippen molar-refractivity contribution in [2.24, 2.45) is 0 Å². The van der Waals surface area contributed by atoms with E-state index in [2.05, 4.69) is 0 Å². The Morgan fingerprint density at radius 3 is 0.941 bits per heavy atom. The Hall–Kier alpha value is -1.18. The minimum atomic E-state index is -0.534. The first-order valence-corrected chi connectivity index (χ1v) is 5.07. The first-order chi connectivity index (χ1) is 8.15. The molecule has 6 N–H and O–H groups in total. The zero-order chi connectivity index (χ0) is 13.0. The lowest BCUT2D eigenvalue weighted by molar-refractivity contribution is 0.227. The molecule has 96 valence electrons. The summed E-state index contributed by atoms with van der Waals surface area (Å²) in [5.74, 6) is -0.361. The average molecular weight is 244 g/mol. The number of rotatable bonds is 5. The van der Waals surface area contributed by atoms with E-state index in [9.17, 15) is 20.4 Å². The highest BCUT2D eigenvalue weighted by Gasteiger charge is 2.21. The molecule has 0 saturated heterocycles. The Morgan fingerprint density at radius 2 is 0.706 bits per heavy atom. The molecule has 6 heteroatoms. The van der Waals surface area contributed by atoms with Crippen LogP contribution in [-0.2, 0) is 33.0 Å². The molecule has 0 aliphatic carbocycles. The summed E-state index contributed by atoms with van der Waals surface area (Å²) in [5, 5.41) is 55.7. The van der Waals surface area contributed by atoms with E-state index in [-0.39, 0.29) is 33.6 Å². The second-order valence-electron chi connectivity index (χ2n) is 3.53. The summed E-state index contributed by atoms with van der Waals surface area (Å²) in [7, 11) is 0. The van der Waals surface area contributed by atoms with Crippen LogP contribution in [0, 0.1) is 0 Å². The molecule has 1 aromatic carbocycles. The van der Waals surface area contributed by atoms with Crippen molar-refractivity contribution in [1.29, 1.82) is 0 Å². The van der Waals surface area contributed by atoms with Gasteiger partial charge in [0.1, 0.15) is 5.75 Å². The Kier molecular flexibility index (Phi) is 4.86. The number of aliphatic hydroxyl groups excluding tert-OH is 5. The van der Waals surface area contributed by atoms with Crippen molar-refractivity contribution in [2.75, 3.05) is 0 Å². The fourth-order valence-corrected chi connectivity index (χ4v) is 1.93. The van der Waals surface area contributed by atoms with Crippen LogP contribution in [0.15, 0.2) is 0 Å². The molecular formula is C11H16O6. The van der Waals surface area contributed by atoms with Gasteiger partial charge in [-0.2, -0.15) is 0 Å². The van der Waals surface area contributed by atoms with E-state index in [4.69, 9.17) is 10.2 Å². The second kappa shape index (κ2) is 5.95. The Bertz CT molecular complexity index is 368. The zero-order valence-corrected chi connectivity index (χ0v) is 9.22. The van der Waals surface area contributed by atoms with Crippen LogP contribution in [-0.4, -0.2) is 30.6 Å². The Morgan fingerprint density at radius 1 is 0.471 bits per heavy atom. The smallest absolute Gasteiger partial charge is 0.127 e. The summed E-state index contributed by atoms with van der Waals surface area (Å²) in [5.41, 5.74) is 0.680. The number of aromatic hydroxyl groups is 1. The second-order valence-corrected chi connectivity index (χ2v) is 3.53. The summed E-state index contributed by atoms with van der Waals surface area (Å²) in [6.07, 6.45) is 0. The van der Waals surface area contributed by atoms with Gasteiger partial charge in [-0.3, -0.25) is 0 Å². The van der Waals surface area contributed by atoms with Crippen LogP contribution in [0.2, 0.25) is 0 Å². The fourth-order valence-electron chi connectivity index (χ4n) is 1.93. The highest BCUT2D eigenvalue weighted by Crippen LogP contribution is 2.34. The van der Waals surface area contributed by atoms with Crippen molar-refractivity contribution < 1.29 is 30.6 Å². The molecule has 0 atom stereocenters. The van der Waals surface area contributed by atoms with Gasteiger partial charge in [-0.25, -0.2) is 0 Å². The van der Waals surface area contributed by atoms with Gasteiger partial charge in [0.15, 0.2) is 0 Å². The summed E-state index contributed by atoms with van der Waals surface area (Å²) >= 11 is 0. The van der Waals surface area contributed by atoms with Gasteiger partial charge in [-0.15, -0.1) is 0 Å². The predicted molar refractivity (Wildman–Crippen MR) is 57.7 cm³/mol. The first kappa shape index (κ1) is 13.9. The average Bonchev–Trinajstić information content (AvgIpc) is 2.36. The lowest BCUT2D eigenvalue weighted by Gasteiger charge is -2.19. The summed E-state index contributed by atoms with van der Waals surface area (Å²) in [4.78, 5) is 0. The molecule has 0 aliphatic rings. The number of aliphatic hydroxyl groups is 5. The summed E-state index contributed by atoms with van der Waals surface area (Å²) in [6.45, 7) is -2.51. The SMILES string of the molecule is OCc1c(O)c(CO)c(CO)c(CO)c1CO. The lowest BCUT2D eigenvalue weighted by atomic mass is 9.91. The van der Waals surface area contributed by atoms with Gasteiger partial charge in [0.2, 0.25) is 0 Å². The minimum absolute atomic E-state index is 0.0535. The van der Waals surface area contributed by atoms with Crippen molar-refractivity contribution in [3.05, 3.63) is 27.8 Å². The van der Waals surface area contributed by atoms with Crippen LogP contribution in [0.1, 0.15) is 27.8 Å². The first-order valence-electron chi connectivity index (χ1n) is 5.07. The molecule has 0 aromatic heterocycles. The molecule has 0 amide bonds. The third-order valence-corrected chi connectivity index (χ3v) is 2.82. The standard InChI is InChI=1S/C11H16O6/c12-1-6-7(2-13)9(4-15)11(17)10(5-16)8(6)3-14/h12-17H,1-5H2. The molecule has 0 fully saturated rings. The predicted octanol–water partition coefficient (Wildman–Crippen LogP) is -1.15. The van der Waals surface area contributed by atoms with Gasteiger partial charge in [0.25, 0.3) is 0 Å². The molecule has 1 aromatic rings. The third-order valence-electron chi connectivity index (χ3n) is 2.82. The van der Waals surface area contributed by atoms with Crippen LogP contribution in [0.3, 0.4) is 0 Å². The van der Waals surface area contributed by atoms with Crippen LogP contribution < -0.4 is 0 Å². The van der Waals surface area contributed by atoms with Gasteiger partial charge in [-0.1, -0.05) is 0 Å². The quantitative estimate of drug-likeness (QED) is 0.389. The van der Waals surface area contributed by atoms with Crippen LogP contribution >= 0.6 is 0 Å². The normalized spacial score (nSPS) is 10.9. The van der Waals surface area contributed by atoms with Gasteiger partial charge < -0.3 is 30.6 Å². The van der Waals surface area contributed by atoms with E-state index >= 15 is 0 Å². The molecule has 0 radical (unpaired) electrons. The molecule has 0 unspecified atom stereocenters. The van der Waals surface area contributed by atoms with E-state index < -0.39 is 33.0 Å². The highest BCUT2D eigenvalue weighted by molar-refractivity contribution is 5.54. The van der Waals surface area contributed by atoms with E-state index in [1.54, 1.807) is 0 Å². The maximum atomic E-state index is 9.81. The van der Waals surface area contributed by atoms with E-state index in [1.165, 1.54) is 0 Å². The van der Waals surface area contributed by atoms with Gasteiger partial charge in [-0.05, 0) is 16.7 Å². The monoisotopic (exact) mass is 244 g/mol. The highest BCUT2D eigenvalue weighted by atomic mass is 16.3. The van der Waals surface area contributed by atoms with E-state index in [0.717, 1.165) is 0 Å². The maximum Gasteiger partial charge on any atom is 0.127 e. The van der Waals surface area contributed by atoms with Gasteiger partial charge in [0.05, 0.1) is 33.0 Å². The zero-order valence-electron chi connectivity index (χ0n) is 9.22. The Labute approximate surface area is 98.0 Å². The van der Waals surface area contributed by atoms with E-state index in [1.807, 2.05) is 0 Å². The number of benzene rings is 1. The summed E-state index contributed by atoms with van der Waals surface area (Å²) in [6, 6.07) is 0. The molecule has 0 saturated carbocycles. The molecular weight excluding hydrogens is 228 g/mol. The molecule has 17 heavy (non-hydrogen) atoms. The number of hydrogen-bond acceptors (Lipinski definition) is 6. The van der Waals surface area contributed by atoms with Crippen molar-refractivity contribution in [3.63, 3.8) is 0 Å². The van der Waals surface area contributed by atoms with Crippen molar-refractivity contribution in [2.45, 2.75) is 33.0 Å². The molecule has 0 aliphatic heterocycles.